The van der Waals surface area contributed by atoms with Crippen LogP contribution in [0.3, 0.4) is 0 Å². The molecule has 6 heteroatoms. The van der Waals surface area contributed by atoms with Gasteiger partial charge in [0.25, 0.3) is 5.91 Å². The van der Waals surface area contributed by atoms with Gasteiger partial charge in [-0.1, -0.05) is 40.2 Å². The van der Waals surface area contributed by atoms with E-state index in [2.05, 4.69) is 31.6 Å². The molecule has 0 aliphatic heterocycles. The van der Waals surface area contributed by atoms with Crippen LogP contribution in [0.25, 0.3) is 0 Å². The lowest BCUT2D eigenvalue weighted by Crippen LogP contribution is -2.19. The molecule has 3 rings (SSSR count). The summed E-state index contributed by atoms with van der Waals surface area (Å²) in [5.74, 6) is -0.237. The second-order valence-corrected chi connectivity index (χ2v) is 6.46. The van der Waals surface area contributed by atoms with E-state index < -0.39 is 0 Å². The minimum absolute atomic E-state index is 0.237. The normalized spacial score (nSPS) is 11.4. The standard InChI is InChI=1S/C19H17BrN4O/c1-14(16-6-8-18(20)9-7-16)22-23-19(25)17-5-2-4-15(12-17)13-24-11-3-10-21-24/h2-12H,13H2,1H3,(H,23,25). The molecule has 0 radical (unpaired) electrons. The van der Waals surface area contributed by atoms with E-state index in [4.69, 9.17) is 0 Å². The first kappa shape index (κ1) is 17.1. The largest absolute Gasteiger partial charge is 0.271 e. The van der Waals surface area contributed by atoms with Crippen LogP contribution in [0, 0.1) is 0 Å². The van der Waals surface area contributed by atoms with Crippen molar-refractivity contribution in [3.05, 3.63) is 88.2 Å². The van der Waals surface area contributed by atoms with E-state index in [1.54, 1.807) is 12.3 Å². The first-order valence-corrected chi connectivity index (χ1v) is 8.58. The van der Waals surface area contributed by atoms with Crippen LogP contribution in [0.5, 0.6) is 0 Å². The van der Waals surface area contributed by atoms with Crippen LogP contribution in [0.15, 0.2) is 76.6 Å². The fourth-order valence-corrected chi connectivity index (χ4v) is 2.61. The fraction of sp³-hybridized carbons (Fsp3) is 0.105. The Morgan fingerprint density at radius 1 is 1.16 bits per heavy atom. The average molecular weight is 397 g/mol. The molecular weight excluding hydrogens is 380 g/mol. The van der Waals surface area contributed by atoms with Gasteiger partial charge in [-0.25, -0.2) is 5.43 Å². The summed E-state index contributed by atoms with van der Waals surface area (Å²) >= 11 is 3.40. The third-order valence-electron chi connectivity index (χ3n) is 3.68. The van der Waals surface area contributed by atoms with Gasteiger partial charge >= 0.3 is 0 Å². The number of hydrogen-bond donors (Lipinski definition) is 1. The first-order valence-electron chi connectivity index (χ1n) is 7.79. The molecule has 126 valence electrons. The molecule has 0 saturated carbocycles. The zero-order valence-corrected chi connectivity index (χ0v) is 15.3. The number of hydrogen-bond acceptors (Lipinski definition) is 3. The predicted octanol–water partition coefficient (Wildman–Crippen LogP) is 3.85. The van der Waals surface area contributed by atoms with Gasteiger partial charge in [-0.05, 0) is 48.4 Å². The van der Waals surface area contributed by atoms with E-state index >= 15 is 0 Å². The van der Waals surface area contributed by atoms with Crippen LogP contribution in [-0.4, -0.2) is 21.4 Å². The molecule has 0 aliphatic rings. The van der Waals surface area contributed by atoms with Gasteiger partial charge in [0.1, 0.15) is 0 Å². The summed E-state index contributed by atoms with van der Waals surface area (Å²) in [4.78, 5) is 12.3. The van der Waals surface area contributed by atoms with Crippen molar-refractivity contribution in [3.63, 3.8) is 0 Å². The Morgan fingerprint density at radius 3 is 2.68 bits per heavy atom. The maximum absolute atomic E-state index is 12.3. The Balaban J connectivity index is 1.68. The third-order valence-corrected chi connectivity index (χ3v) is 4.21. The lowest BCUT2D eigenvalue weighted by Gasteiger charge is -2.06. The van der Waals surface area contributed by atoms with Gasteiger partial charge in [0.2, 0.25) is 0 Å². The van der Waals surface area contributed by atoms with E-state index in [9.17, 15) is 4.79 Å². The van der Waals surface area contributed by atoms with Crippen molar-refractivity contribution in [3.8, 4) is 0 Å². The van der Waals surface area contributed by atoms with Crippen LogP contribution >= 0.6 is 15.9 Å². The van der Waals surface area contributed by atoms with E-state index in [1.807, 2.05) is 66.3 Å². The number of nitrogens with zero attached hydrogens (tertiary/aromatic N) is 3. The highest BCUT2D eigenvalue weighted by Crippen LogP contribution is 2.11. The third kappa shape index (κ3) is 4.64. The lowest BCUT2D eigenvalue weighted by atomic mass is 10.1. The summed E-state index contributed by atoms with van der Waals surface area (Å²) in [5.41, 5.74) is 5.88. The molecule has 1 amide bonds. The Labute approximate surface area is 154 Å². The molecule has 0 bridgehead atoms. The molecule has 0 saturated heterocycles. The maximum Gasteiger partial charge on any atom is 0.271 e. The summed E-state index contributed by atoms with van der Waals surface area (Å²) in [6, 6.07) is 17.1. The van der Waals surface area contributed by atoms with Gasteiger partial charge in [0.05, 0.1) is 12.3 Å². The van der Waals surface area contributed by atoms with Gasteiger partial charge in [-0.2, -0.15) is 10.2 Å². The van der Waals surface area contributed by atoms with Crippen molar-refractivity contribution < 1.29 is 4.79 Å². The number of hydrazone groups is 1. The van der Waals surface area contributed by atoms with Crippen LogP contribution < -0.4 is 5.43 Å². The Kier molecular flexibility index (Phi) is 5.40. The Morgan fingerprint density at radius 2 is 1.96 bits per heavy atom. The number of aromatic nitrogens is 2. The van der Waals surface area contributed by atoms with E-state index in [1.165, 1.54) is 0 Å². The van der Waals surface area contributed by atoms with Gasteiger partial charge in [0.15, 0.2) is 0 Å². The highest BCUT2D eigenvalue weighted by molar-refractivity contribution is 9.10. The minimum atomic E-state index is -0.237. The zero-order chi connectivity index (χ0) is 17.6. The number of nitrogens with one attached hydrogen (secondary N) is 1. The van der Waals surface area contributed by atoms with Crippen molar-refractivity contribution in [2.24, 2.45) is 5.10 Å². The Hall–Kier alpha value is -2.73. The van der Waals surface area contributed by atoms with Gasteiger partial charge in [0, 0.05) is 22.4 Å². The number of halogens is 1. The molecule has 1 heterocycles. The molecule has 25 heavy (non-hydrogen) atoms. The second kappa shape index (κ2) is 7.90. The van der Waals surface area contributed by atoms with Gasteiger partial charge < -0.3 is 0 Å². The second-order valence-electron chi connectivity index (χ2n) is 5.55. The molecule has 0 atom stereocenters. The van der Waals surface area contributed by atoms with Crippen LogP contribution in [0.1, 0.15) is 28.4 Å². The molecular formula is C19H17BrN4O. The van der Waals surface area contributed by atoms with Gasteiger partial charge in [-0.3, -0.25) is 9.48 Å². The number of benzene rings is 2. The van der Waals surface area contributed by atoms with E-state index in [0.717, 1.165) is 21.3 Å². The molecule has 0 unspecified atom stereocenters. The molecule has 2 aromatic carbocycles. The minimum Gasteiger partial charge on any atom is -0.268 e. The van der Waals surface area contributed by atoms with Crippen LogP contribution in [0.4, 0.5) is 0 Å². The maximum atomic E-state index is 12.3. The molecule has 1 aromatic heterocycles. The van der Waals surface area contributed by atoms with Crippen LogP contribution in [0.2, 0.25) is 0 Å². The topological polar surface area (TPSA) is 59.3 Å². The fourth-order valence-electron chi connectivity index (χ4n) is 2.35. The molecule has 1 N–H and O–H groups in total. The van der Waals surface area contributed by atoms with Crippen molar-refractivity contribution in [1.82, 2.24) is 15.2 Å². The molecule has 0 spiro atoms. The molecule has 3 aromatic rings. The van der Waals surface area contributed by atoms with Crippen molar-refractivity contribution in [2.45, 2.75) is 13.5 Å². The number of carbonyl (C=O) groups is 1. The van der Waals surface area contributed by atoms with Crippen molar-refractivity contribution >= 4 is 27.5 Å². The predicted molar refractivity (Wildman–Crippen MR) is 102 cm³/mol. The average Bonchev–Trinajstić information content (AvgIpc) is 3.13. The first-order chi connectivity index (χ1) is 12.1. The summed E-state index contributed by atoms with van der Waals surface area (Å²) in [6.45, 7) is 2.48. The van der Waals surface area contributed by atoms with Crippen molar-refractivity contribution in [1.29, 1.82) is 0 Å². The highest BCUT2D eigenvalue weighted by Gasteiger charge is 2.06. The van der Waals surface area contributed by atoms with Crippen molar-refractivity contribution in [2.75, 3.05) is 0 Å². The van der Waals surface area contributed by atoms with E-state index in [0.29, 0.717) is 12.1 Å². The molecule has 5 nitrogen and oxygen atoms in total. The Bertz CT molecular complexity index is 886. The smallest absolute Gasteiger partial charge is 0.268 e. The van der Waals surface area contributed by atoms with Gasteiger partial charge in [-0.15, -0.1) is 0 Å². The van der Waals surface area contributed by atoms with E-state index in [-0.39, 0.29) is 5.91 Å². The summed E-state index contributed by atoms with van der Waals surface area (Å²) in [5, 5.41) is 8.37. The zero-order valence-electron chi connectivity index (χ0n) is 13.7. The SMILES string of the molecule is CC(=NNC(=O)c1cccc(Cn2cccn2)c1)c1ccc(Br)cc1. The number of rotatable bonds is 5. The molecule has 0 fully saturated rings. The summed E-state index contributed by atoms with van der Waals surface area (Å²) in [6.07, 6.45) is 3.62. The number of carbonyl (C=O) groups excluding carboxylic acids is 1. The summed E-state index contributed by atoms with van der Waals surface area (Å²) < 4.78 is 2.81. The summed E-state index contributed by atoms with van der Waals surface area (Å²) in [7, 11) is 0. The van der Waals surface area contributed by atoms with Crippen LogP contribution in [-0.2, 0) is 6.54 Å². The molecule has 0 aliphatic carbocycles. The lowest BCUT2D eigenvalue weighted by molar-refractivity contribution is 0.0954. The number of amides is 1. The quantitative estimate of drug-likeness (QED) is 0.525. The monoisotopic (exact) mass is 396 g/mol. The highest BCUT2D eigenvalue weighted by atomic mass is 79.9.